The van der Waals surface area contributed by atoms with Crippen LogP contribution in [0.25, 0.3) is 0 Å². The van der Waals surface area contributed by atoms with Gasteiger partial charge in [0.25, 0.3) is 0 Å². The van der Waals surface area contributed by atoms with Gasteiger partial charge < -0.3 is 9.64 Å². The summed E-state index contributed by atoms with van der Waals surface area (Å²) in [5.74, 6) is 1.15. The lowest BCUT2D eigenvalue weighted by Crippen LogP contribution is -2.17. The average molecular weight is 483 g/mol. The van der Waals surface area contributed by atoms with Gasteiger partial charge in [0.15, 0.2) is 0 Å². The van der Waals surface area contributed by atoms with Gasteiger partial charge >= 0.3 is 0 Å². The summed E-state index contributed by atoms with van der Waals surface area (Å²) in [5.41, 5.74) is 6.64. The molecule has 0 bridgehead atoms. The Morgan fingerprint density at radius 3 is 1.83 bits per heavy atom. The van der Waals surface area contributed by atoms with Gasteiger partial charge in [0, 0.05) is 24.7 Å². The second kappa shape index (κ2) is 14.1. The molecule has 1 fully saturated rings. The van der Waals surface area contributed by atoms with Crippen molar-refractivity contribution in [3.05, 3.63) is 102 Å². The Bertz CT molecular complexity index is 1000. The van der Waals surface area contributed by atoms with E-state index >= 15 is 0 Å². The van der Waals surface area contributed by atoms with Crippen LogP contribution in [0.5, 0.6) is 5.75 Å². The zero-order chi connectivity index (χ0) is 25.0. The molecule has 3 aromatic rings. The molecule has 1 radical (unpaired) electrons. The van der Waals surface area contributed by atoms with E-state index in [9.17, 15) is 0 Å². The van der Waals surface area contributed by atoms with Crippen LogP contribution in [0.15, 0.2) is 72.8 Å². The molecular formula is C34H44NO. The summed E-state index contributed by atoms with van der Waals surface area (Å²) in [5, 5.41) is 0. The third-order valence-corrected chi connectivity index (χ3v) is 7.54. The maximum atomic E-state index is 5.93. The van der Waals surface area contributed by atoms with Crippen molar-refractivity contribution in [2.45, 2.75) is 77.0 Å². The van der Waals surface area contributed by atoms with Crippen molar-refractivity contribution in [1.82, 2.24) is 0 Å². The molecule has 2 nitrogen and oxygen atoms in total. The molecule has 2 heteroatoms. The predicted octanol–water partition coefficient (Wildman–Crippen LogP) is 8.78. The summed E-state index contributed by atoms with van der Waals surface area (Å²) in [6.07, 6.45) is 12.5. The maximum absolute atomic E-state index is 5.93. The fraction of sp³-hybridized carbons (Fsp3) is 0.441. The van der Waals surface area contributed by atoms with Gasteiger partial charge in [-0.1, -0.05) is 87.6 Å². The van der Waals surface area contributed by atoms with Crippen LogP contribution in [0.3, 0.4) is 0 Å². The minimum Gasteiger partial charge on any atom is -0.494 e. The number of hydrogen-bond acceptors (Lipinski definition) is 2. The van der Waals surface area contributed by atoms with Gasteiger partial charge in [-0.2, -0.15) is 0 Å². The van der Waals surface area contributed by atoms with E-state index in [4.69, 9.17) is 4.74 Å². The van der Waals surface area contributed by atoms with Crippen LogP contribution in [-0.4, -0.2) is 19.7 Å². The molecule has 1 aliphatic heterocycles. The van der Waals surface area contributed by atoms with Crippen LogP contribution in [0.1, 0.15) is 86.5 Å². The predicted molar refractivity (Wildman–Crippen MR) is 154 cm³/mol. The van der Waals surface area contributed by atoms with E-state index in [0.29, 0.717) is 0 Å². The smallest absolute Gasteiger partial charge is 0.119 e. The van der Waals surface area contributed by atoms with Gasteiger partial charge in [0.1, 0.15) is 5.75 Å². The van der Waals surface area contributed by atoms with Crippen LogP contribution in [0.4, 0.5) is 5.69 Å². The number of hydrogen-bond donors (Lipinski definition) is 0. The first kappa shape index (κ1) is 26.3. The molecule has 191 valence electrons. The first-order valence-electron chi connectivity index (χ1n) is 14.2. The first-order valence-corrected chi connectivity index (χ1v) is 14.2. The van der Waals surface area contributed by atoms with Crippen molar-refractivity contribution in [2.75, 3.05) is 24.6 Å². The SMILES string of the molecule is [CH2]C(c1ccc(CCc2ccc(OCCCCCCCC)cc2)cc1)c1ccc(N2CCCC2)cc1. The molecule has 3 aromatic carbocycles. The van der Waals surface area contributed by atoms with Crippen molar-refractivity contribution in [2.24, 2.45) is 0 Å². The Balaban J connectivity index is 1.20. The van der Waals surface area contributed by atoms with Gasteiger partial charge in [-0.05, 0) is 85.5 Å². The van der Waals surface area contributed by atoms with Gasteiger partial charge in [-0.15, -0.1) is 0 Å². The highest BCUT2D eigenvalue weighted by Crippen LogP contribution is 2.27. The van der Waals surface area contributed by atoms with Crippen molar-refractivity contribution in [1.29, 1.82) is 0 Å². The Labute approximate surface area is 219 Å². The monoisotopic (exact) mass is 482 g/mol. The van der Waals surface area contributed by atoms with Crippen LogP contribution in [0.2, 0.25) is 0 Å². The average Bonchev–Trinajstić information content (AvgIpc) is 3.47. The van der Waals surface area contributed by atoms with Crippen molar-refractivity contribution in [3.63, 3.8) is 0 Å². The van der Waals surface area contributed by atoms with Crippen molar-refractivity contribution in [3.8, 4) is 5.75 Å². The van der Waals surface area contributed by atoms with E-state index in [0.717, 1.165) is 31.6 Å². The Kier molecular flexibility index (Phi) is 10.3. The normalized spacial score (nSPS) is 14.2. The molecule has 0 N–H and O–H groups in total. The van der Waals surface area contributed by atoms with Gasteiger partial charge in [0.2, 0.25) is 0 Å². The molecule has 4 rings (SSSR count). The minimum absolute atomic E-state index is 0.163. The molecule has 1 saturated heterocycles. The number of anilines is 1. The molecular weight excluding hydrogens is 438 g/mol. The zero-order valence-electron chi connectivity index (χ0n) is 22.3. The molecule has 0 amide bonds. The van der Waals surface area contributed by atoms with E-state index in [-0.39, 0.29) is 5.92 Å². The van der Waals surface area contributed by atoms with E-state index < -0.39 is 0 Å². The first-order chi connectivity index (χ1) is 17.7. The molecule has 0 spiro atoms. The lowest BCUT2D eigenvalue weighted by molar-refractivity contribution is 0.304. The molecule has 1 heterocycles. The Hall–Kier alpha value is -2.74. The van der Waals surface area contributed by atoms with Gasteiger partial charge in [0.05, 0.1) is 6.61 Å². The number of benzene rings is 3. The maximum Gasteiger partial charge on any atom is 0.119 e. The Morgan fingerprint density at radius 1 is 0.694 bits per heavy atom. The summed E-state index contributed by atoms with van der Waals surface area (Å²) in [7, 11) is 0. The van der Waals surface area contributed by atoms with Crippen molar-refractivity contribution < 1.29 is 4.74 Å². The number of nitrogens with zero attached hydrogens (tertiary/aromatic N) is 1. The quantitative estimate of drug-likeness (QED) is 0.213. The summed E-state index contributed by atoms with van der Waals surface area (Å²) < 4.78 is 5.93. The lowest BCUT2D eigenvalue weighted by atomic mass is 9.92. The highest BCUT2D eigenvalue weighted by Gasteiger charge is 2.13. The molecule has 0 aliphatic carbocycles. The van der Waals surface area contributed by atoms with E-state index in [2.05, 4.69) is 91.5 Å². The summed E-state index contributed by atoms with van der Waals surface area (Å²) in [4.78, 5) is 2.48. The highest BCUT2D eigenvalue weighted by atomic mass is 16.5. The topological polar surface area (TPSA) is 12.5 Å². The molecule has 36 heavy (non-hydrogen) atoms. The van der Waals surface area contributed by atoms with Crippen LogP contribution >= 0.6 is 0 Å². The van der Waals surface area contributed by atoms with Gasteiger partial charge in [-0.3, -0.25) is 0 Å². The summed E-state index contributed by atoms with van der Waals surface area (Å²) in [6.45, 7) is 9.92. The molecule has 1 unspecified atom stereocenters. The third kappa shape index (κ3) is 7.88. The molecule has 0 aromatic heterocycles. The lowest BCUT2D eigenvalue weighted by Gasteiger charge is -2.19. The van der Waals surface area contributed by atoms with Crippen LogP contribution in [0, 0.1) is 6.92 Å². The number of aryl methyl sites for hydroxylation is 2. The fourth-order valence-electron chi connectivity index (χ4n) is 5.12. The summed E-state index contributed by atoms with van der Waals surface area (Å²) in [6, 6.07) is 26.7. The van der Waals surface area contributed by atoms with Crippen LogP contribution in [-0.2, 0) is 12.8 Å². The number of unbranched alkanes of at least 4 members (excludes halogenated alkanes) is 5. The van der Waals surface area contributed by atoms with Gasteiger partial charge in [-0.25, -0.2) is 0 Å². The van der Waals surface area contributed by atoms with E-state index in [1.54, 1.807) is 0 Å². The van der Waals surface area contributed by atoms with Crippen LogP contribution < -0.4 is 9.64 Å². The summed E-state index contributed by atoms with van der Waals surface area (Å²) >= 11 is 0. The van der Waals surface area contributed by atoms with Crippen molar-refractivity contribution >= 4 is 5.69 Å². The second-order valence-corrected chi connectivity index (χ2v) is 10.3. The fourth-order valence-corrected chi connectivity index (χ4v) is 5.12. The highest BCUT2D eigenvalue weighted by molar-refractivity contribution is 5.50. The van der Waals surface area contributed by atoms with E-state index in [1.807, 2.05) is 0 Å². The minimum atomic E-state index is 0.163. The molecule has 1 atom stereocenters. The molecule has 0 saturated carbocycles. The Morgan fingerprint density at radius 2 is 1.22 bits per heavy atom. The van der Waals surface area contributed by atoms with E-state index in [1.165, 1.54) is 86.0 Å². The number of rotatable bonds is 14. The number of ether oxygens (including phenoxy) is 1. The zero-order valence-corrected chi connectivity index (χ0v) is 22.3. The second-order valence-electron chi connectivity index (χ2n) is 10.3. The largest absolute Gasteiger partial charge is 0.494 e. The standard InChI is InChI=1S/C34H44NO/c1-3-4-5-6-7-10-27-36-34-23-15-30(16-24-34)12-11-29-13-17-31(18-14-29)28(2)32-19-21-33(22-20-32)35-25-8-9-26-35/h13-24,28H,2-12,25-27H2,1H3. The third-order valence-electron chi connectivity index (χ3n) is 7.54. The molecule has 1 aliphatic rings.